The molecule has 0 unspecified atom stereocenters. The second-order valence-corrected chi connectivity index (χ2v) is 5.95. The van der Waals surface area contributed by atoms with Crippen LogP contribution in [0.5, 0.6) is 0 Å². The summed E-state index contributed by atoms with van der Waals surface area (Å²) < 4.78 is 0. The van der Waals surface area contributed by atoms with Gasteiger partial charge in [-0.25, -0.2) is 0 Å². The van der Waals surface area contributed by atoms with E-state index in [4.69, 9.17) is 0 Å². The summed E-state index contributed by atoms with van der Waals surface area (Å²) >= 11 is 0. The second kappa shape index (κ2) is 14.2. The van der Waals surface area contributed by atoms with E-state index in [2.05, 4.69) is 74.3 Å². The predicted octanol–water partition coefficient (Wildman–Crippen LogP) is -0.703. The Morgan fingerprint density at radius 2 is 1.33 bits per heavy atom. The fourth-order valence-corrected chi connectivity index (χ4v) is 2.76. The first-order chi connectivity index (χ1) is 8.99. The number of hydrogen-bond acceptors (Lipinski definition) is 0. The molecule has 1 aliphatic carbocycles. The Balaban J connectivity index is -0.000000139. The van der Waals surface area contributed by atoms with Gasteiger partial charge in [0.15, 0.2) is 0 Å². The SMILES string of the molecule is Cc1[cH-]c(C)c(C)c1C.[CH3-].[CH3-].[Cl-].[Cl-].[Hf].[Si]C1=Cc2ccccc2C1. The third-order valence-corrected chi connectivity index (χ3v) is 4.27. The van der Waals surface area contributed by atoms with Crippen LogP contribution in [0, 0.1) is 42.5 Å². The fraction of sp³-hybridized carbons (Fsp3) is 0.250. The molecule has 0 amide bonds. The average molecular weight is 544 g/mol. The zero-order chi connectivity index (χ0) is 14.0. The van der Waals surface area contributed by atoms with Gasteiger partial charge in [0, 0.05) is 25.8 Å². The molecule has 0 aromatic heterocycles. The van der Waals surface area contributed by atoms with Crippen molar-refractivity contribution in [3.63, 3.8) is 0 Å². The van der Waals surface area contributed by atoms with E-state index in [-0.39, 0.29) is 65.5 Å². The average Bonchev–Trinajstić information content (AvgIpc) is 2.86. The number of rotatable bonds is 0. The minimum Gasteiger partial charge on any atom is -1.00 e. The maximum absolute atomic E-state index is 3.53. The largest absolute Gasteiger partial charge is 1.00 e. The molecule has 2 aromatic rings. The summed E-state index contributed by atoms with van der Waals surface area (Å²) in [7, 11) is 3.53. The number of aryl methyl sites for hydroxylation is 2. The monoisotopic (exact) mass is 544 g/mol. The zero-order valence-corrected chi connectivity index (χ0v) is 21.5. The molecule has 0 atom stereocenters. The quantitative estimate of drug-likeness (QED) is 0.305. The summed E-state index contributed by atoms with van der Waals surface area (Å²) in [4.78, 5) is 0. The summed E-state index contributed by atoms with van der Waals surface area (Å²) in [6, 6.07) is 10.7. The van der Waals surface area contributed by atoms with Gasteiger partial charge in [-0.2, -0.15) is 28.3 Å². The van der Waals surface area contributed by atoms with E-state index in [1.54, 1.807) is 0 Å². The van der Waals surface area contributed by atoms with Crippen LogP contribution in [0.15, 0.2) is 35.5 Å². The van der Waals surface area contributed by atoms with Crippen molar-refractivity contribution in [2.75, 3.05) is 0 Å². The van der Waals surface area contributed by atoms with E-state index in [9.17, 15) is 0 Å². The maximum Gasteiger partial charge on any atom is 0.0655 e. The number of allylic oxidation sites excluding steroid dienone is 1. The first-order valence-corrected chi connectivity index (χ1v) is 7.19. The van der Waals surface area contributed by atoms with Crippen LogP contribution in [-0.4, -0.2) is 10.2 Å². The molecule has 4 heteroatoms. The zero-order valence-electron chi connectivity index (χ0n) is 15.4. The molecule has 0 saturated carbocycles. The summed E-state index contributed by atoms with van der Waals surface area (Å²) in [5.74, 6) is 0. The van der Waals surface area contributed by atoms with Gasteiger partial charge in [0.2, 0.25) is 0 Å². The van der Waals surface area contributed by atoms with E-state index in [0.29, 0.717) is 0 Å². The number of halogens is 2. The van der Waals surface area contributed by atoms with Gasteiger partial charge in [-0.1, -0.05) is 63.2 Å². The minimum atomic E-state index is 0. The first kappa shape index (κ1) is 31.7. The van der Waals surface area contributed by atoms with E-state index in [0.717, 1.165) is 6.42 Å². The number of benzene rings is 1. The van der Waals surface area contributed by atoms with Gasteiger partial charge < -0.3 is 39.7 Å². The van der Waals surface area contributed by atoms with Gasteiger partial charge in [0.05, 0.1) is 10.2 Å². The number of hydrogen-bond donors (Lipinski definition) is 0. The smallest absolute Gasteiger partial charge is 0.0655 e. The van der Waals surface area contributed by atoms with Crippen LogP contribution in [0.25, 0.3) is 6.08 Å². The molecule has 0 heterocycles. The Kier molecular flexibility index (Phi) is 18.7. The van der Waals surface area contributed by atoms with Crippen LogP contribution in [0.2, 0.25) is 0 Å². The standard InChI is InChI=1S/C9H7Si.C9H13.2CH3.2ClH.Hf/c10-9-5-7-3-1-2-4-8(7)6-9;1-6-5-7(2)9(4)8(6)3;;;;;/h1-5H,6H2;5H,1-4H3;2*1H3;2*1H;/q;3*-1;;;/p-2. The molecule has 0 fully saturated rings. The molecule has 24 heavy (non-hydrogen) atoms. The van der Waals surface area contributed by atoms with Crippen molar-refractivity contribution in [1.29, 1.82) is 0 Å². The Bertz CT molecular complexity index is 608. The summed E-state index contributed by atoms with van der Waals surface area (Å²) in [5.41, 5.74) is 8.52. The molecule has 133 valence electrons. The van der Waals surface area contributed by atoms with E-state index in [1.165, 1.54) is 38.6 Å². The second-order valence-electron chi connectivity index (χ2n) is 5.31. The van der Waals surface area contributed by atoms with Gasteiger partial charge in [-0.3, -0.25) is 0 Å². The van der Waals surface area contributed by atoms with Crippen LogP contribution >= 0.6 is 0 Å². The van der Waals surface area contributed by atoms with Crippen molar-refractivity contribution in [2.24, 2.45) is 0 Å². The molecule has 3 rings (SSSR count). The van der Waals surface area contributed by atoms with E-state index >= 15 is 0 Å². The molecule has 1 aliphatic rings. The topological polar surface area (TPSA) is 0 Å². The molecular formula is C20H26Cl2HfSi-5. The van der Waals surface area contributed by atoms with Crippen LogP contribution in [0.3, 0.4) is 0 Å². The normalized spacial score (nSPS) is 9.96. The molecule has 3 radical (unpaired) electrons. The molecule has 0 N–H and O–H groups in total. The molecule has 0 nitrogen and oxygen atoms in total. The van der Waals surface area contributed by atoms with Gasteiger partial charge in [0.25, 0.3) is 0 Å². The molecular weight excluding hydrogens is 518 g/mol. The predicted molar refractivity (Wildman–Crippen MR) is 97.7 cm³/mol. The fourth-order valence-electron chi connectivity index (χ4n) is 2.41. The van der Waals surface area contributed by atoms with Crippen molar-refractivity contribution < 1.29 is 50.7 Å². The van der Waals surface area contributed by atoms with Crippen LogP contribution in [0.4, 0.5) is 0 Å². The van der Waals surface area contributed by atoms with Crippen LogP contribution in [0.1, 0.15) is 33.4 Å². The van der Waals surface area contributed by atoms with Gasteiger partial charge in [0.1, 0.15) is 0 Å². The maximum atomic E-state index is 3.53. The van der Waals surface area contributed by atoms with Crippen molar-refractivity contribution in [3.05, 3.63) is 83.8 Å². The Labute approximate surface area is 183 Å². The number of fused-ring (bicyclic) bond motifs is 1. The molecule has 0 saturated heterocycles. The van der Waals surface area contributed by atoms with Gasteiger partial charge >= 0.3 is 0 Å². The summed E-state index contributed by atoms with van der Waals surface area (Å²) in [6.07, 6.45) is 3.24. The summed E-state index contributed by atoms with van der Waals surface area (Å²) in [6.45, 7) is 8.68. The Morgan fingerprint density at radius 3 is 1.71 bits per heavy atom. The van der Waals surface area contributed by atoms with Crippen LogP contribution < -0.4 is 24.8 Å². The van der Waals surface area contributed by atoms with Gasteiger partial charge in [-0.15, -0.1) is 0 Å². The van der Waals surface area contributed by atoms with E-state index < -0.39 is 0 Å². The van der Waals surface area contributed by atoms with Crippen molar-refractivity contribution in [2.45, 2.75) is 34.1 Å². The van der Waals surface area contributed by atoms with E-state index in [1.807, 2.05) is 0 Å². The minimum absolute atomic E-state index is 0. The molecule has 0 bridgehead atoms. The molecule has 2 aromatic carbocycles. The van der Waals surface area contributed by atoms with Crippen molar-refractivity contribution >= 4 is 16.3 Å². The summed E-state index contributed by atoms with van der Waals surface area (Å²) in [5, 5.41) is 1.28. The van der Waals surface area contributed by atoms with Gasteiger partial charge in [-0.05, 0) is 17.5 Å². The molecule has 0 spiro atoms. The van der Waals surface area contributed by atoms with Crippen LogP contribution in [-0.2, 0) is 32.3 Å². The third kappa shape index (κ3) is 7.90. The Hall–Kier alpha value is -0.0230. The van der Waals surface area contributed by atoms with Crippen molar-refractivity contribution in [1.82, 2.24) is 0 Å². The Morgan fingerprint density at radius 1 is 0.875 bits per heavy atom. The first-order valence-electron chi connectivity index (χ1n) is 6.69. The third-order valence-electron chi connectivity index (χ3n) is 3.94. The molecule has 0 aliphatic heterocycles. The van der Waals surface area contributed by atoms with Crippen molar-refractivity contribution in [3.8, 4) is 0 Å².